The Kier molecular flexibility index (Phi) is 18.2. The lowest BCUT2D eigenvalue weighted by molar-refractivity contribution is -0.356. The number of carbonyl (C=O) groups is 1. The van der Waals surface area contributed by atoms with Crippen molar-refractivity contribution in [2.45, 2.75) is 252 Å². The molecule has 9 rings (SSSR count). The molecular formula is C58H88O20. The lowest BCUT2D eigenvalue weighted by Crippen LogP contribution is -2.78. The Balaban J connectivity index is 0.783. The molecular weight excluding hydrogens is 1020 g/mol. The quantitative estimate of drug-likeness (QED) is 0.0777. The average molecular weight is 1110 g/mol. The van der Waals surface area contributed by atoms with Crippen LogP contribution in [0.2, 0.25) is 0 Å². The van der Waals surface area contributed by atoms with Crippen molar-refractivity contribution in [1.29, 1.82) is 0 Å². The SMILES string of the molecule is CO[C@@H]1[C@@H](O)[C@H](O[C@@H]2[C@@H](C)O[C@@H](O[C@H]3[C@@H](OC)C[C@H](O[C@H]4[C@@H](OC)C[C@H](O[C@H]5CC[C@@]6(C)C(=CC[C@]7(O)[C@@H]6C[C@@H](O)[C@@]6(C)[C@]7(O)CC[C@@]6(O)C(C)OC(=O)/C=C/c6ccccc6)C5)O[C@@H]4C)O[C@@H]3C)C[C@H]2OC)O[C@H](C)[C@H]1O. The van der Waals surface area contributed by atoms with Gasteiger partial charge in [0.25, 0.3) is 0 Å². The van der Waals surface area contributed by atoms with Crippen LogP contribution >= 0.6 is 0 Å². The molecule has 1 unspecified atom stereocenters. The van der Waals surface area contributed by atoms with Gasteiger partial charge in [0.2, 0.25) is 0 Å². The molecule has 26 atom stereocenters. The van der Waals surface area contributed by atoms with Gasteiger partial charge in [-0.15, -0.1) is 0 Å². The maximum atomic E-state index is 13.0. The highest BCUT2D eigenvalue weighted by Crippen LogP contribution is 2.71. The highest BCUT2D eigenvalue weighted by molar-refractivity contribution is 5.87. The molecule has 0 bridgehead atoms. The molecule has 8 aliphatic rings. The third-order valence-electron chi connectivity index (χ3n) is 19.9. The summed E-state index contributed by atoms with van der Waals surface area (Å²) in [5.74, 6) is -1.20. The van der Waals surface area contributed by atoms with Gasteiger partial charge < -0.3 is 92.2 Å². The van der Waals surface area contributed by atoms with Crippen molar-refractivity contribution >= 4 is 12.0 Å². The van der Waals surface area contributed by atoms with Crippen molar-refractivity contribution < 1.29 is 97.0 Å². The molecule has 20 nitrogen and oxygen atoms in total. The smallest absolute Gasteiger partial charge is 0.331 e. The first-order valence-corrected chi connectivity index (χ1v) is 28.2. The maximum absolute atomic E-state index is 13.0. The number of fused-ring (bicyclic) bond motifs is 5. The highest BCUT2D eigenvalue weighted by atomic mass is 16.8. The summed E-state index contributed by atoms with van der Waals surface area (Å²) < 4.78 is 80.5. The number of ether oxygens (including phenoxy) is 13. The molecule has 4 heterocycles. The van der Waals surface area contributed by atoms with Gasteiger partial charge in [-0.05, 0) is 96.6 Å². The van der Waals surface area contributed by atoms with Crippen LogP contribution in [0.1, 0.15) is 118 Å². The second-order valence-corrected chi connectivity index (χ2v) is 23.9. The van der Waals surface area contributed by atoms with E-state index in [-0.39, 0.29) is 31.8 Å². The van der Waals surface area contributed by atoms with Crippen LogP contribution in [0.4, 0.5) is 0 Å². The van der Waals surface area contributed by atoms with Crippen LogP contribution in [0.15, 0.2) is 48.1 Å². The fraction of sp³-hybridized carbons (Fsp3) is 0.810. The summed E-state index contributed by atoms with van der Waals surface area (Å²) in [7, 11) is 6.25. The van der Waals surface area contributed by atoms with Gasteiger partial charge >= 0.3 is 5.97 Å². The van der Waals surface area contributed by atoms with Crippen LogP contribution in [0.5, 0.6) is 0 Å². The number of benzene rings is 1. The molecule has 440 valence electrons. The molecule has 1 aromatic carbocycles. The molecule has 0 amide bonds. The number of carbonyl (C=O) groups excluding carboxylic acids is 1. The van der Waals surface area contributed by atoms with E-state index in [0.29, 0.717) is 38.5 Å². The van der Waals surface area contributed by atoms with Crippen molar-refractivity contribution in [1.82, 2.24) is 0 Å². The van der Waals surface area contributed by atoms with Crippen molar-refractivity contribution in [2.24, 2.45) is 16.7 Å². The monoisotopic (exact) mass is 1100 g/mol. The average Bonchev–Trinajstić information content (AvgIpc) is 3.65. The first-order valence-electron chi connectivity index (χ1n) is 28.2. The Morgan fingerprint density at radius 3 is 1.77 bits per heavy atom. The summed E-state index contributed by atoms with van der Waals surface area (Å²) in [6.45, 7) is 12.7. The number of esters is 1. The first kappa shape index (κ1) is 60.1. The van der Waals surface area contributed by atoms with E-state index in [2.05, 4.69) is 6.92 Å². The summed E-state index contributed by atoms with van der Waals surface area (Å²) in [6, 6.07) is 9.29. The van der Waals surface area contributed by atoms with Gasteiger partial charge in [-0.1, -0.05) is 55.8 Å². The third kappa shape index (κ3) is 10.6. The Morgan fingerprint density at radius 2 is 1.22 bits per heavy atom. The van der Waals surface area contributed by atoms with E-state index in [9.17, 15) is 35.4 Å². The van der Waals surface area contributed by atoms with Gasteiger partial charge in [-0.3, -0.25) is 0 Å². The van der Waals surface area contributed by atoms with E-state index >= 15 is 0 Å². The van der Waals surface area contributed by atoms with E-state index in [1.54, 1.807) is 48.2 Å². The molecule has 1 aromatic rings. The van der Waals surface area contributed by atoms with Crippen LogP contribution in [0.25, 0.3) is 6.08 Å². The zero-order valence-electron chi connectivity index (χ0n) is 47.2. The normalized spacial score (nSPS) is 49.1. The fourth-order valence-corrected chi connectivity index (χ4v) is 15.1. The molecule has 3 saturated carbocycles. The Labute approximate surface area is 458 Å². The molecule has 78 heavy (non-hydrogen) atoms. The van der Waals surface area contributed by atoms with E-state index in [4.69, 9.17) is 61.6 Å². The standard InChI is InChI=1S/C58H88O20/c1-30-47(61)52(69-11)48(62)53(73-30)78-51-33(4)72-46(28-40(51)68-10)77-50-32(3)71-45(27-39(50)67-9)76-49-31(2)70-44(26-38(49)66-8)75-37-20-21-54(6)36(25-37)19-22-57(64)41(54)29-42(59)55(7)56(63,23-24-58(55,57)65)34(5)74-43(60)18-17-35-15-13-12-14-16-35/h12-19,30-34,37-42,44-53,59,61-65H,20-29H2,1-11H3/b18-17+/t30-,31-,32-,33-,34?,37+,38+,39+,40-,41-,42-,44+,45+,46+,47-,48-,49-,50-,51-,52+,53+,54+,55-,56-,57+,58-/m1/s1. The summed E-state index contributed by atoms with van der Waals surface area (Å²) in [4.78, 5) is 13.0. The van der Waals surface area contributed by atoms with Gasteiger partial charge in [0.1, 0.15) is 59.5 Å². The lowest BCUT2D eigenvalue weighted by atomic mass is 9.42. The molecule has 6 N–H and O–H groups in total. The van der Waals surface area contributed by atoms with Crippen molar-refractivity contribution in [3.63, 3.8) is 0 Å². The molecule has 0 aromatic heterocycles. The van der Waals surface area contributed by atoms with Crippen molar-refractivity contribution in [3.8, 4) is 0 Å². The van der Waals surface area contributed by atoms with E-state index in [1.165, 1.54) is 13.2 Å². The largest absolute Gasteiger partial charge is 0.456 e. The molecule has 0 radical (unpaired) electrons. The fourth-order valence-electron chi connectivity index (χ4n) is 15.1. The summed E-state index contributed by atoms with van der Waals surface area (Å²) in [5.41, 5.74) is -5.77. The topological polar surface area (TPSA) is 258 Å². The second-order valence-electron chi connectivity index (χ2n) is 23.9. The maximum Gasteiger partial charge on any atom is 0.331 e. The predicted octanol–water partition coefficient (Wildman–Crippen LogP) is 4.00. The number of aliphatic hydroxyl groups is 6. The summed E-state index contributed by atoms with van der Waals surface area (Å²) in [5, 5.41) is 71.9. The van der Waals surface area contributed by atoms with E-state index in [0.717, 1.165) is 11.1 Å². The Bertz CT molecular complexity index is 2260. The molecule has 4 aliphatic heterocycles. The number of aliphatic hydroxyl groups excluding tert-OH is 3. The van der Waals surface area contributed by atoms with Gasteiger partial charge in [-0.2, -0.15) is 0 Å². The zero-order chi connectivity index (χ0) is 56.3. The third-order valence-corrected chi connectivity index (χ3v) is 19.9. The minimum atomic E-state index is -1.91. The summed E-state index contributed by atoms with van der Waals surface area (Å²) >= 11 is 0. The predicted molar refractivity (Wildman–Crippen MR) is 278 cm³/mol. The van der Waals surface area contributed by atoms with Gasteiger partial charge in [0.05, 0.1) is 60.4 Å². The Morgan fingerprint density at radius 1 is 0.667 bits per heavy atom. The van der Waals surface area contributed by atoms with Gasteiger partial charge in [0, 0.05) is 59.7 Å². The van der Waals surface area contributed by atoms with E-state index < -0.39 is 156 Å². The molecule has 4 saturated heterocycles. The molecule has 0 spiro atoms. The van der Waals surface area contributed by atoms with Gasteiger partial charge in [0.15, 0.2) is 25.2 Å². The van der Waals surface area contributed by atoms with Crippen LogP contribution < -0.4 is 0 Å². The van der Waals surface area contributed by atoms with Crippen molar-refractivity contribution in [2.75, 3.05) is 28.4 Å². The van der Waals surface area contributed by atoms with Crippen LogP contribution in [-0.2, 0) is 66.4 Å². The second kappa shape index (κ2) is 23.6. The summed E-state index contributed by atoms with van der Waals surface area (Å²) in [6.07, 6.45) is -5.87. The van der Waals surface area contributed by atoms with Crippen molar-refractivity contribution in [3.05, 3.63) is 53.6 Å². The zero-order valence-corrected chi connectivity index (χ0v) is 47.2. The lowest BCUT2D eigenvalue weighted by Gasteiger charge is -2.67. The first-order chi connectivity index (χ1) is 37.0. The molecule has 20 heteroatoms. The van der Waals surface area contributed by atoms with E-state index in [1.807, 2.05) is 57.2 Å². The van der Waals surface area contributed by atoms with Crippen LogP contribution in [0, 0.1) is 16.7 Å². The van der Waals surface area contributed by atoms with Crippen LogP contribution in [0.3, 0.4) is 0 Å². The minimum Gasteiger partial charge on any atom is -0.456 e. The number of hydrogen-bond donors (Lipinski definition) is 6. The Hall–Kier alpha value is -2.55. The highest BCUT2D eigenvalue weighted by Gasteiger charge is 2.80. The number of rotatable bonds is 16. The number of methoxy groups -OCH3 is 4. The van der Waals surface area contributed by atoms with Gasteiger partial charge in [-0.25, -0.2) is 4.79 Å². The molecule has 4 aliphatic carbocycles. The molecule has 7 fully saturated rings. The number of hydrogen-bond acceptors (Lipinski definition) is 20. The van der Waals surface area contributed by atoms with Crippen LogP contribution in [-0.4, -0.2) is 205 Å². The minimum absolute atomic E-state index is 0.00562.